The molecule has 140 valence electrons. The first-order chi connectivity index (χ1) is 12.7. The summed E-state index contributed by atoms with van der Waals surface area (Å²) in [6.45, 7) is 1.10. The van der Waals surface area contributed by atoms with Crippen LogP contribution >= 0.6 is 0 Å². The SMILES string of the molecule is CNc1cc2cnc(NC3CCNCC3F)nc2n(C2CCCC2)c1=O. The van der Waals surface area contributed by atoms with Gasteiger partial charge in [-0.05, 0) is 31.9 Å². The monoisotopic (exact) mass is 360 g/mol. The third kappa shape index (κ3) is 3.13. The summed E-state index contributed by atoms with van der Waals surface area (Å²) in [6, 6.07) is 1.64. The van der Waals surface area contributed by atoms with Crippen molar-refractivity contribution in [1.82, 2.24) is 19.9 Å². The van der Waals surface area contributed by atoms with Crippen molar-refractivity contribution in [3.8, 4) is 0 Å². The predicted molar refractivity (Wildman–Crippen MR) is 101 cm³/mol. The van der Waals surface area contributed by atoms with Crippen molar-refractivity contribution in [3.63, 3.8) is 0 Å². The van der Waals surface area contributed by atoms with Crippen LogP contribution in [0.3, 0.4) is 0 Å². The lowest BCUT2D eigenvalue weighted by molar-refractivity contribution is 0.244. The second-order valence-corrected chi connectivity index (χ2v) is 7.15. The highest BCUT2D eigenvalue weighted by atomic mass is 19.1. The van der Waals surface area contributed by atoms with E-state index < -0.39 is 6.17 Å². The number of pyridine rings is 1. The van der Waals surface area contributed by atoms with Gasteiger partial charge in [0.15, 0.2) is 0 Å². The maximum Gasteiger partial charge on any atom is 0.275 e. The molecule has 2 aromatic heterocycles. The number of hydrogen-bond donors (Lipinski definition) is 3. The second kappa shape index (κ2) is 7.19. The van der Waals surface area contributed by atoms with Crippen LogP contribution in [0.4, 0.5) is 16.0 Å². The number of alkyl halides is 1. The van der Waals surface area contributed by atoms with Crippen molar-refractivity contribution in [1.29, 1.82) is 0 Å². The largest absolute Gasteiger partial charge is 0.384 e. The van der Waals surface area contributed by atoms with Crippen LogP contribution in [0.25, 0.3) is 11.0 Å². The molecule has 7 nitrogen and oxygen atoms in total. The molecule has 0 bridgehead atoms. The fourth-order valence-electron chi connectivity index (χ4n) is 4.02. The molecule has 2 atom stereocenters. The van der Waals surface area contributed by atoms with Gasteiger partial charge in [0.25, 0.3) is 5.56 Å². The van der Waals surface area contributed by atoms with Crippen LogP contribution in [0.2, 0.25) is 0 Å². The Kier molecular flexibility index (Phi) is 4.76. The van der Waals surface area contributed by atoms with Crippen molar-refractivity contribution in [2.24, 2.45) is 0 Å². The Morgan fingerprint density at radius 1 is 1.31 bits per heavy atom. The average molecular weight is 360 g/mol. The maximum atomic E-state index is 14.1. The molecule has 8 heteroatoms. The Labute approximate surface area is 151 Å². The molecule has 1 aliphatic carbocycles. The van der Waals surface area contributed by atoms with Crippen LogP contribution < -0.4 is 21.5 Å². The number of hydrogen-bond acceptors (Lipinski definition) is 6. The number of fused-ring (bicyclic) bond motifs is 1. The van der Waals surface area contributed by atoms with Crippen molar-refractivity contribution < 1.29 is 4.39 Å². The first-order valence-electron chi connectivity index (χ1n) is 9.38. The smallest absolute Gasteiger partial charge is 0.275 e. The van der Waals surface area contributed by atoms with Crippen LogP contribution in [-0.2, 0) is 0 Å². The minimum Gasteiger partial charge on any atom is -0.384 e. The van der Waals surface area contributed by atoms with E-state index in [0.29, 0.717) is 30.2 Å². The standard InChI is InChI=1S/C18H25FN6O/c1-20-15-8-11-9-22-18(23-14-6-7-21-10-13(14)19)24-16(11)25(17(15)26)12-4-2-3-5-12/h8-9,12-14,20-21H,2-7,10H2,1H3,(H,22,23,24). The molecule has 2 unspecified atom stereocenters. The molecule has 26 heavy (non-hydrogen) atoms. The van der Waals surface area contributed by atoms with Gasteiger partial charge >= 0.3 is 0 Å². The summed E-state index contributed by atoms with van der Waals surface area (Å²) < 4.78 is 15.9. The molecule has 1 saturated carbocycles. The summed E-state index contributed by atoms with van der Waals surface area (Å²) in [5.74, 6) is 0.385. The van der Waals surface area contributed by atoms with E-state index in [1.807, 2.05) is 0 Å². The van der Waals surface area contributed by atoms with Gasteiger partial charge in [-0.3, -0.25) is 9.36 Å². The maximum absolute atomic E-state index is 14.1. The van der Waals surface area contributed by atoms with E-state index in [-0.39, 0.29) is 17.6 Å². The molecule has 1 saturated heterocycles. The normalized spacial score (nSPS) is 24.1. The highest BCUT2D eigenvalue weighted by molar-refractivity contribution is 5.79. The van der Waals surface area contributed by atoms with Gasteiger partial charge in [-0.1, -0.05) is 12.8 Å². The summed E-state index contributed by atoms with van der Waals surface area (Å²) in [6.07, 6.45) is 5.62. The summed E-state index contributed by atoms with van der Waals surface area (Å²) in [4.78, 5) is 21.9. The molecule has 0 radical (unpaired) electrons. The Hall–Kier alpha value is -2.22. The quantitative estimate of drug-likeness (QED) is 0.774. The van der Waals surface area contributed by atoms with Crippen molar-refractivity contribution in [2.45, 2.75) is 50.4 Å². The molecule has 2 fully saturated rings. The summed E-state index contributed by atoms with van der Waals surface area (Å²) in [7, 11) is 1.75. The van der Waals surface area contributed by atoms with E-state index in [1.54, 1.807) is 23.9 Å². The van der Waals surface area contributed by atoms with E-state index in [9.17, 15) is 9.18 Å². The topological polar surface area (TPSA) is 83.9 Å². The van der Waals surface area contributed by atoms with Gasteiger partial charge in [-0.25, -0.2) is 9.37 Å². The van der Waals surface area contributed by atoms with Gasteiger partial charge in [0.1, 0.15) is 17.5 Å². The third-order valence-corrected chi connectivity index (χ3v) is 5.45. The number of nitrogens with zero attached hydrogens (tertiary/aromatic N) is 3. The van der Waals surface area contributed by atoms with Crippen molar-refractivity contribution in [3.05, 3.63) is 22.6 Å². The van der Waals surface area contributed by atoms with E-state index in [1.165, 1.54) is 0 Å². The molecule has 2 aliphatic rings. The Morgan fingerprint density at radius 2 is 2.12 bits per heavy atom. The van der Waals surface area contributed by atoms with E-state index >= 15 is 0 Å². The van der Waals surface area contributed by atoms with Crippen molar-refractivity contribution in [2.75, 3.05) is 30.8 Å². The second-order valence-electron chi connectivity index (χ2n) is 7.15. The molecule has 2 aromatic rings. The van der Waals surface area contributed by atoms with Crippen LogP contribution in [0.5, 0.6) is 0 Å². The molecule has 3 heterocycles. The highest BCUT2D eigenvalue weighted by Gasteiger charge is 2.26. The number of piperidine rings is 1. The van der Waals surface area contributed by atoms with Crippen LogP contribution in [-0.4, -0.2) is 46.9 Å². The molecule has 0 aromatic carbocycles. The van der Waals surface area contributed by atoms with E-state index in [4.69, 9.17) is 0 Å². The van der Waals surface area contributed by atoms with Gasteiger partial charge in [0.2, 0.25) is 5.95 Å². The summed E-state index contributed by atoms with van der Waals surface area (Å²) in [5.41, 5.74) is 1.13. The van der Waals surface area contributed by atoms with E-state index in [2.05, 4.69) is 25.9 Å². The fraction of sp³-hybridized carbons (Fsp3) is 0.611. The first-order valence-corrected chi connectivity index (χ1v) is 9.38. The number of halogens is 1. The lowest BCUT2D eigenvalue weighted by Crippen LogP contribution is -2.45. The molecule has 1 aliphatic heterocycles. The summed E-state index contributed by atoms with van der Waals surface area (Å²) in [5, 5.41) is 9.95. The lowest BCUT2D eigenvalue weighted by Gasteiger charge is -2.27. The first kappa shape index (κ1) is 17.2. The minimum atomic E-state index is -0.980. The minimum absolute atomic E-state index is 0.0539. The Morgan fingerprint density at radius 3 is 2.85 bits per heavy atom. The molecule has 3 N–H and O–H groups in total. The Balaban J connectivity index is 1.76. The number of rotatable bonds is 4. The molecular formula is C18H25FN6O. The number of aromatic nitrogens is 3. The highest BCUT2D eigenvalue weighted by Crippen LogP contribution is 2.31. The fourth-order valence-corrected chi connectivity index (χ4v) is 4.02. The van der Waals surface area contributed by atoms with Crippen LogP contribution in [0.15, 0.2) is 17.1 Å². The molecule has 4 rings (SSSR count). The molecule has 0 amide bonds. The lowest BCUT2D eigenvalue weighted by atomic mass is 10.1. The van der Waals surface area contributed by atoms with Gasteiger partial charge in [0, 0.05) is 31.2 Å². The zero-order valence-corrected chi connectivity index (χ0v) is 15.0. The van der Waals surface area contributed by atoms with Crippen LogP contribution in [0, 0.1) is 0 Å². The average Bonchev–Trinajstić information content (AvgIpc) is 3.17. The Bertz CT molecular complexity index is 847. The van der Waals surface area contributed by atoms with Gasteiger partial charge < -0.3 is 16.0 Å². The molecular weight excluding hydrogens is 335 g/mol. The number of anilines is 2. The third-order valence-electron chi connectivity index (χ3n) is 5.45. The molecule has 0 spiro atoms. The van der Waals surface area contributed by atoms with Crippen molar-refractivity contribution >= 4 is 22.7 Å². The van der Waals surface area contributed by atoms with Gasteiger partial charge in [0.05, 0.1) is 6.04 Å². The summed E-state index contributed by atoms with van der Waals surface area (Å²) >= 11 is 0. The van der Waals surface area contributed by atoms with Gasteiger partial charge in [-0.2, -0.15) is 4.98 Å². The van der Waals surface area contributed by atoms with E-state index in [0.717, 1.165) is 37.6 Å². The predicted octanol–water partition coefficient (Wildman–Crippen LogP) is 2.06. The zero-order chi connectivity index (χ0) is 18.1. The zero-order valence-electron chi connectivity index (χ0n) is 15.0. The van der Waals surface area contributed by atoms with Gasteiger partial charge in [-0.15, -0.1) is 0 Å². The number of nitrogens with one attached hydrogen (secondary N) is 3. The van der Waals surface area contributed by atoms with Crippen LogP contribution in [0.1, 0.15) is 38.1 Å².